The quantitative estimate of drug-likeness (QED) is 0.665. The van der Waals surface area contributed by atoms with Gasteiger partial charge in [0, 0.05) is 32.2 Å². The van der Waals surface area contributed by atoms with Crippen LogP contribution < -0.4 is 10.1 Å². The first-order chi connectivity index (χ1) is 17.3. The maximum atomic E-state index is 13.6. The van der Waals surface area contributed by atoms with Crippen LogP contribution in [0.5, 0.6) is 5.75 Å². The molecule has 2 amide bonds. The summed E-state index contributed by atoms with van der Waals surface area (Å²) in [5.74, 6) is 0.397. The molecule has 8 nitrogen and oxygen atoms in total. The number of carbonyl (C=O) groups is 2. The summed E-state index contributed by atoms with van der Waals surface area (Å²) < 4.78 is 34.0. The van der Waals surface area contributed by atoms with Crippen LogP contribution in [0.25, 0.3) is 0 Å². The number of piperidine rings is 2. The van der Waals surface area contributed by atoms with Crippen molar-refractivity contribution in [2.24, 2.45) is 11.8 Å². The molecule has 192 valence electrons. The lowest BCUT2D eigenvalue weighted by Gasteiger charge is -2.37. The first-order valence-electron chi connectivity index (χ1n) is 12.7. The lowest BCUT2D eigenvalue weighted by atomic mass is 9.89. The number of fused-ring (bicyclic) bond motifs is 1. The van der Waals surface area contributed by atoms with E-state index in [2.05, 4.69) is 29.6 Å². The molecule has 2 saturated heterocycles. The maximum Gasteiger partial charge on any atom is 0.262 e. The number of likely N-dealkylation sites (tertiary alicyclic amines) is 1. The molecule has 1 N–H and O–H groups in total. The molecule has 0 radical (unpaired) electrons. The summed E-state index contributed by atoms with van der Waals surface area (Å²) in [6, 6.07) is 13.6. The Kier molecular flexibility index (Phi) is 7.03. The van der Waals surface area contributed by atoms with Gasteiger partial charge in [0.1, 0.15) is 5.75 Å². The van der Waals surface area contributed by atoms with Crippen LogP contribution in [0.1, 0.15) is 36.8 Å². The summed E-state index contributed by atoms with van der Waals surface area (Å²) in [7, 11) is -3.81. The minimum atomic E-state index is -3.81. The highest BCUT2D eigenvalue weighted by Crippen LogP contribution is 2.35. The van der Waals surface area contributed by atoms with Crippen molar-refractivity contribution in [3.8, 4) is 5.75 Å². The monoisotopic (exact) mass is 511 g/mol. The van der Waals surface area contributed by atoms with E-state index in [1.807, 2.05) is 11.0 Å². The Labute approximate surface area is 212 Å². The Hall–Kier alpha value is -2.91. The Morgan fingerprint density at radius 3 is 2.58 bits per heavy atom. The predicted molar refractivity (Wildman–Crippen MR) is 136 cm³/mol. The number of ether oxygens (including phenoxy) is 1. The average molecular weight is 512 g/mol. The first-order valence-corrected chi connectivity index (χ1v) is 14.2. The zero-order valence-corrected chi connectivity index (χ0v) is 21.4. The highest BCUT2D eigenvalue weighted by molar-refractivity contribution is 7.89. The van der Waals surface area contributed by atoms with E-state index in [-0.39, 0.29) is 35.8 Å². The number of benzene rings is 2. The average Bonchev–Trinajstić information content (AvgIpc) is 2.89. The van der Waals surface area contributed by atoms with Crippen molar-refractivity contribution in [2.45, 2.75) is 43.9 Å². The molecule has 0 aliphatic carbocycles. The second-order valence-corrected chi connectivity index (χ2v) is 12.0. The smallest absolute Gasteiger partial charge is 0.262 e. The molecule has 3 aliphatic heterocycles. The fourth-order valence-corrected chi connectivity index (χ4v) is 7.30. The molecule has 0 aromatic heterocycles. The zero-order valence-electron chi connectivity index (χ0n) is 20.6. The van der Waals surface area contributed by atoms with Crippen LogP contribution in [0.2, 0.25) is 0 Å². The second-order valence-electron chi connectivity index (χ2n) is 10.1. The van der Waals surface area contributed by atoms with Gasteiger partial charge < -0.3 is 15.0 Å². The van der Waals surface area contributed by atoms with Crippen molar-refractivity contribution in [1.29, 1.82) is 0 Å². The van der Waals surface area contributed by atoms with Gasteiger partial charge in [-0.2, -0.15) is 4.31 Å². The zero-order chi connectivity index (χ0) is 25.3. The summed E-state index contributed by atoms with van der Waals surface area (Å²) in [4.78, 5) is 27.1. The summed E-state index contributed by atoms with van der Waals surface area (Å²) in [6.07, 6.45) is 4.33. The van der Waals surface area contributed by atoms with Gasteiger partial charge in [0.2, 0.25) is 15.9 Å². The van der Waals surface area contributed by atoms with Gasteiger partial charge in [-0.15, -0.1) is 0 Å². The van der Waals surface area contributed by atoms with Gasteiger partial charge in [-0.25, -0.2) is 8.42 Å². The molecule has 1 atom stereocenters. The number of amides is 2. The normalized spacial score (nSPS) is 21.4. The van der Waals surface area contributed by atoms with E-state index in [0.29, 0.717) is 42.3 Å². The largest absolute Gasteiger partial charge is 0.482 e. The minimum absolute atomic E-state index is 0.0706. The summed E-state index contributed by atoms with van der Waals surface area (Å²) in [6.45, 7) is 3.61. The van der Waals surface area contributed by atoms with Crippen LogP contribution in [-0.2, 0) is 26.0 Å². The third-order valence-electron chi connectivity index (χ3n) is 7.55. The molecule has 0 spiro atoms. The van der Waals surface area contributed by atoms with Gasteiger partial charge in [0.15, 0.2) is 6.61 Å². The summed E-state index contributed by atoms with van der Waals surface area (Å²) in [5.41, 5.74) is 2.35. The van der Waals surface area contributed by atoms with E-state index in [0.717, 1.165) is 32.4 Å². The summed E-state index contributed by atoms with van der Waals surface area (Å²) >= 11 is 0. The Bertz CT molecular complexity index is 1240. The van der Waals surface area contributed by atoms with E-state index >= 15 is 0 Å². The number of hydrogen-bond donors (Lipinski definition) is 1. The highest BCUT2D eigenvalue weighted by Gasteiger charge is 2.37. The van der Waals surface area contributed by atoms with Crippen molar-refractivity contribution in [1.82, 2.24) is 9.21 Å². The van der Waals surface area contributed by atoms with Crippen molar-refractivity contribution in [3.05, 3.63) is 53.6 Å². The van der Waals surface area contributed by atoms with Gasteiger partial charge in [-0.3, -0.25) is 9.59 Å². The van der Waals surface area contributed by atoms with Crippen LogP contribution in [-0.4, -0.2) is 62.2 Å². The number of nitrogens with one attached hydrogen (secondary N) is 1. The Morgan fingerprint density at radius 2 is 1.83 bits per heavy atom. The van der Waals surface area contributed by atoms with Crippen LogP contribution in [0.15, 0.2) is 47.4 Å². The van der Waals surface area contributed by atoms with Crippen LogP contribution >= 0.6 is 0 Å². The molecule has 0 bridgehead atoms. The molecule has 2 aromatic carbocycles. The van der Waals surface area contributed by atoms with E-state index in [9.17, 15) is 18.0 Å². The standard InChI is InChI=1S/C27H33N3O5S/c1-19-14-23-24(35-18-26(31)28-23)16-25(19)36(33,34)30-11-5-8-22(17-30)27(32)29-12-9-21(10-13-29)15-20-6-3-2-4-7-20/h2-4,6-7,14,16,21-22H,5,8-13,15,17-18H2,1H3,(H,28,31)/t22-/m0/s1. The SMILES string of the molecule is Cc1cc2c(cc1S(=O)(=O)N1CCC[C@H](C(=O)N3CCC(Cc4ccccc4)CC3)C1)OCC(=O)N2. The summed E-state index contributed by atoms with van der Waals surface area (Å²) in [5, 5.41) is 2.71. The van der Waals surface area contributed by atoms with Gasteiger partial charge in [0.05, 0.1) is 16.5 Å². The molecule has 3 heterocycles. The Morgan fingerprint density at radius 1 is 1.08 bits per heavy atom. The van der Waals surface area contributed by atoms with Crippen molar-refractivity contribution >= 4 is 27.5 Å². The molecule has 0 saturated carbocycles. The lowest BCUT2D eigenvalue weighted by molar-refractivity contribution is -0.138. The molecule has 3 aliphatic rings. The fourth-order valence-electron chi connectivity index (χ4n) is 5.56. The number of sulfonamides is 1. The highest BCUT2D eigenvalue weighted by atomic mass is 32.2. The van der Waals surface area contributed by atoms with Crippen molar-refractivity contribution in [3.63, 3.8) is 0 Å². The molecule has 5 rings (SSSR count). The molecule has 9 heteroatoms. The van der Waals surface area contributed by atoms with Crippen molar-refractivity contribution in [2.75, 3.05) is 38.1 Å². The van der Waals surface area contributed by atoms with Crippen LogP contribution in [0.3, 0.4) is 0 Å². The number of nitrogens with zero attached hydrogens (tertiary/aromatic N) is 2. The van der Waals surface area contributed by atoms with Gasteiger partial charge in [0.25, 0.3) is 5.91 Å². The number of aryl methyl sites for hydroxylation is 1. The number of carbonyl (C=O) groups excluding carboxylic acids is 2. The fraction of sp³-hybridized carbons (Fsp3) is 0.481. The maximum absolute atomic E-state index is 13.6. The molecular formula is C27H33N3O5S. The lowest BCUT2D eigenvalue weighted by Crippen LogP contribution is -2.48. The van der Waals surface area contributed by atoms with E-state index < -0.39 is 10.0 Å². The van der Waals surface area contributed by atoms with E-state index in [1.54, 1.807) is 13.0 Å². The van der Waals surface area contributed by atoms with Crippen molar-refractivity contribution < 1.29 is 22.7 Å². The number of rotatable bonds is 5. The Balaban J connectivity index is 1.23. The molecular weight excluding hydrogens is 478 g/mol. The van der Waals surface area contributed by atoms with Gasteiger partial charge >= 0.3 is 0 Å². The molecule has 2 fully saturated rings. The number of hydrogen-bond acceptors (Lipinski definition) is 5. The first kappa shape index (κ1) is 24.8. The number of anilines is 1. The molecule has 0 unspecified atom stereocenters. The van der Waals surface area contributed by atoms with E-state index in [4.69, 9.17) is 4.74 Å². The molecule has 2 aromatic rings. The second kappa shape index (κ2) is 10.2. The minimum Gasteiger partial charge on any atom is -0.482 e. The third-order valence-corrected chi connectivity index (χ3v) is 9.56. The van der Waals surface area contributed by atoms with Gasteiger partial charge in [-0.05, 0) is 62.1 Å². The predicted octanol–water partition coefficient (Wildman–Crippen LogP) is 3.21. The van der Waals surface area contributed by atoms with Gasteiger partial charge in [-0.1, -0.05) is 30.3 Å². The third kappa shape index (κ3) is 5.13. The van der Waals surface area contributed by atoms with Crippen LogP contribution in [0.4, 0.5) is 5.69 Å². The van der Waals surface area contributed by atoms with Crippen LogP contribution in [0, 0.1) is 18.8 Å². The van der Waals surface area contributed by atoms with E-state index in [1.165, 1.54) is 15.9 Å². The molecule has 36 heavy (non-hydrogen) atoms. The topological polar surface area (TPSA) is 96.0 Å².